The summed E-state index contributed by atoms with van der Waals surface area (Å²) in [6.07, 6.45) is 1.14. The summed E-state index contributed by atoms with van der Waals surface area (Å²) in [5.74, 6) is -1.36. The van der Waals surface area contributed by atoms with E-state index >= 15 is 0 Å². The smallest absolute Gasteiger partial charge is 0.326 e. The van der Waals surface area contributed by atoms with Crippen LogP contribution in [0, 0.1) is 0 Å². The zero-order valence-electron chi connectivity index (χ0n) is 18.2. The lowest BCUT2D eigenvalue weighted by atomic mass is 10.2. The van der Waals surface area contributed by atoms with Gasteiger partial charge in [-0.1, -0.05) is 29.3 Å². The fourth-order valence-corrected chi connectivity index (χ4v) is 4.02. The van der Waals surface area contributed by atoms with Gasteiger partial charge >= 0.3 is 5.97 Å². The number of esters is 1. The number of amides is 3. The summed E-state index contributed by atoms with van der Waals surface area (Å²) in [6.45, 7) is 2.63. The topological polar surface area (TPSA) is 102 Å². The number of imide groups is 1. The molecule has 1 aliphatic rings. The van der Waals surface area contributed by atoms with E-state index in [1.807, 2.05) is 0 Å². The van der Waals surface area contributed by atoms with E-state index in [4.69, 9.17) is 32.7 Å². The van der Waals surface area contributed by atoms with Crippen LogP contribution in [0.15, 0.2) is 47.4 Å². The van der Waals surface area contributed by atoms with Crippen molar-refractivity contribution in [1.29, 1.82) is 0 Å². The molecule has 0 aromatic heterocycles. The zero-order chi connectivity index (χ0) is 24.8. The first-order chi connectivity index (χ1) is 16.1. The first-order valence-corrected chi connectivity index (χ1v) is 11.6. The third-order valence-corrected chi connectivity index (χ3v) is 5.72. The lowest BCUT2D eigenvalue weighted by molar-refractivity contribution is -0.149. The van der Waals surface area contributed by atoms with Crippen molar-refractivity contribution >= 4 is 69.8 Å². The minimum absolute atomic E-state index is 0.148. The second kappa shape index (κ2) is 11.4. The molecule has 3 amide bonds. The highest BCUT2D eigenvalue weighted by molar-refractivity contribution is 8.18. The van der Waals surface area contributed by atoms with Crippen LogP contribution < -0.4 is 10.1 Å². The van der Waals surface area contributed by atoms with Gasteiger partial charge < -0.3 is 14.8 Å². The predicted octanol–water partition coefficient (Wildman–Crippen LogP) is 5.00. The van der Waals surface area contributed by atoms with Crippen molar-refractivity contribution in [2.24, 2.45) is 0 Å². The Hall–Kier alpha value is -3.01. The molecular weight excluding hydrogens is 503 g/mol. The molecule has 34 heavy (non-hydrogen) atoms. The van der Waals surface area contributed by atoms with Crippen LogP contribution in [-0.2, 0) is 19.1 Å². The predicted molar refractivity (Wildman–Crippen MR) is 131 cm³/mol. The van der Waals surface area contributed by atoms with Crippen LogP contribution in [0.1, 0.15) is 19.4 Å². The molecule has 0 spiro atoms. The second-order valence-electron chi connectivity index (χ2n) is 7.34. The lowest BCUT2D eigenvalue weighted by Gasteiger charge is -2.13. The van der Waals surface area contributed by atoms with E-state index in [1.54, 1.807) is 50.2 Å². The van der Waals surface area contributed by atoms with E-state index in [9.17, 15) is 19.2 Å². The molecule has 2 aromatic rings. The van der Waals surface area contributed by atoms with Crippen LogP contribution in [0.4, 0.5) is 10.5 Å². The Kier molecular flexibility index (Phi) is 8.60. The summed E-state index contributed by atoms with van der Waals surface area (Å²) in [4.78, 5) is 49.6. The highest BCUT2D eigenvalue weighted by Crippen LogP contribution is 2.33. The molecule has 1 fully saturated rings. The molecule has 0 saturated carbocycles. The molecule has 0 bridgehead atoms. The number of ether oxygens (including phenoxy) is 2. The largest absolute Gasteiger partial charge is 0.482 e. The molecule has 0 unspecified atom stereocenters. The summed E-state index contributed by atoms with van der Waals surface area (Å²) >= 11 is 12.8. The van der Waals surface area contributed by atoms with Gasteiger partial charge in [0.05, 0.1) is 16.0 Å². The van der Waals surface area contributed by atoms with Crippen molar-refractivity contribution in [1.82, 2.24) is 4.90 Å². The van der Waals surface area contributed by atoms with Crippen LogP contribution >= 0.6 is 35.0 Å². The molecule has 1 heterocycles. The Morgan fingerprint density at radius 2 is 1.82 bits per heavy atom. The van der Waals surface area contributed by atoms with Gasteiger partial charge in [0.15, 0.2) is 6.61 Å². The molecule has 178 valence electrons. The number of nitrogens with zero attached hydrogens (tertiary/aromatic N) is 1. The Morgan fingerprint density at radius 1 is 1.12 bits per heavy atom. The highest BCUT2D eigenvalue weighted by atomic mass is 35.5. The lowest BCUT2D eigenvalue weighted by Crippen LogP contribution is -2.35. The minimum Gasteiger partial charge on any atom is -0.482 e. The van der Waals surface area contributed by atoms with E-state index in [2.05, 4.69) is 5.32 Å². The van der Waals surface area contributed by atoms with Gasteiger partial charge in [-0.3, -0.25) is 24.1 Å². The second-order valence-corrected chi connectivity index (χ2v) is 9.18. The molecule has 1 N–H and O–H groups in total. The van der Waals surface area contributed by atoms with Crippen molar-refractivity contribution in [3.8, 4) is 5.75 Å². The number of carbonyl (C=O) groups excluding carboxylic acids is 4. The molecule has 2 aromatic carbocycles. The van der Waals surface area contributed by atoms with E-state index in [1.165, 1.54) is 12.1 Å². The number of carbonyl (C=O) groups is 4. The monoisotopic (exact) mass is 522 g/mol. The molecular formula is C23H20Cl2N2O6S. The number of hydrogen-bond donors (Lipinski definition) is 1. The molecule has 0 aliphatic carbocycles. The third kappa shape index (κ3) is 6.99. The molecule has 11 heteroatoms. The van der Waals surface area contributed by atoms with Gasteiger partial charge in [-0.05, 0) is 73.6 Å². The van der Waals surface area contributed by atoms with Crippen LogP contribution in [0.2, 0.25) is 10.0 Å². The average Bonchev–Trinajstić information content (AvgIpc) is 3.01. The van der Waals surface area contributed by atoms with Gasteiger partial charge in [0.25, 0.3) is 17.1 Å². The van der Waals surface area contributed by atoms with Crippen molar-refractivity contribution in [3.05, 3.63) is 63.0 Å². The molecule has 0 radical (unpaired) electrons. The molecule has 1 aliphatic heterocycles. The van der Waals surface area contributed by atoms with Crippen LogP contribution in [-0.4, -0.2) is 47.2 Å². The van der Waals surface area contributed by atoms with Gasteiger partial charge in [-0.15, -0.1) is 0 Å². The maximum absolute atomic E-state index is 12.5. The van der Waals surface area contributed by atoms with Crippen molar-refractivity contribution < 1.29 is 28.7 Å². The fourth-order valence-electron chi connectivity index (χ4n) is 2.81. The minimum atomic E-state index is -0.664. The average molecular weight is 523 g/mol. The third-order valence-electron chi connectivity index (χ3n) is 4.27. The van der Waals surface area contributed by atoms with Crippen LogP contribution in [0.3, 0.4) is 0 Å². The van der Waals surface area contributed by atoms with E-state index in [-0.39, 0.29) is 34.3 Å². The maximum atomic E-state index is 12.5. The zero-order valence-corrected chi connectivity index (χ0v) is 20.5. The van der Waals surface area contributed by atoms with E-state index in [0.717, 1.165) is 16.7 Å². The van der Waals surface area contributed by atoms with Crippen molar-refractivity contribution in [2.75, 3.05) is 18.5 Å². The molecule has 8 nitrogen and oxygen atoms in total. The highest BCUT2D eigenvalue weighted by Gasteiger charge is 2.36. The van der Waals surface area contributed by atoms with Gasteiger partial charge in [-0.25, -0.2) is 0 Å². The summed E-state index contributed by atoms with van der Waals surface area (Å²) in [6, 6.07) is 11.3. The number of nitrogens with one attached hydrogen (secondary N) is 1. The van der Waals surface area contributed by atoms with Gasteiger partial charge in [0, 0.05) is 10.7 Å². The number of halogens is 2. The Morgan fingerprint density at radius 3 is 2.47 bits per heavy atom. The SMILES string of the molecule is CC(C)OC(=O)CN1C(=O)S/C(=C\c2ccc(OCC(=O)Nc3ccc(Cl)cc3)c(Cl)c2)C1=O. The van der Waals surface area contributed by atoms with Crippen molar-refractivity contribution in [2.45, 2.75) is 20.0 Å². The standard InChI is InChI=1S/C23H20Cl2N2O6S/c1-13(2)33-21(29)11-27-22(30)19(34-23(27)31)10-14-3-8-18(17(25)9-14)32-12-20(28)26-16-6-4-15(24)5-7-16/h3-10,13H,11-12H2,1-2H3,(H,26,28)/b19-10-. The summed E-state index contributed by atoms with van der Waals surface area (Å²) in [5.41, 5.74) is 1.11. The fraction of sp³-hybridized carbons (Fsp3) is 0.217. The van der Waals surface area contributed by atoms with Gasteiger partial charge in [0.1, 0.15) is 12.3 Å². The van der Waals surface area contributed by atoms with Crippen LogP contribution in [0.5, 0.6) is 5.75 Å². The summed E-state index contributed by atoms with van der Waals surface area (Å²) in [7, 11) is 0. The number of anilines is 1. The van der Waals surface area contributed by atoms with Gasteiger partial charge in [0.2, 0.25) is 0 Å². The number of rotatable bonds is 8. The van der Waals surface area contributed by atoms with E-state index < -0.39 is 23.7 Å². The molecule has 0 atom stereocenters. The quantitative estimate of drug-likeness (QED) is 0.384. The summed E-state index contributed by atoms with van der Waals surface area (Å²) < 4.78 is 10.5. The first-order valence-electron chi connectivity index (χ1n) is 10.0. The first kappa shape index (κ1) is 25.6. The summed E-state index contributed by atoms with van der Waals surface area (Å²) in [5, 5.41) is 2.88. The maximum Gasteiger partial charge on any atom is 0.326 e. The van der Waals surface area contributed by atoms with Crippen LogP contribution in [0.25, 0.3) is 6.08 Å². The molecule has 3 rings (SSSR count). The Labute approximate surface area is 210 Å². The van der Waals surface area contributed by atoms with Crippen molar-refractivity contribution in [3.63, 3.8) is 0 Å². The normalized spacial score (nSPS) is 14.6. The number of benzene rings is 2. The Bertz CT molecular complexity index is 1150. The van der Waals surface area contributed by atoms with Gasteiger partial charge in [-0.2, -0.15) is 0 Å². The number of thioether (sulfide) groups is 1. The number of hydrogen-bond acceptors (Lipinski definition) is 7. The van der Waals surface area contributed by atoms with E-state index in [0.29, 0.717) is 16.3 Å². The Balaban J connectivity index is 1.60. The molecule has 1 saturated heterocycles.